The van der Waals surface area contributed by atoms with Crippen LogP contribution in [0, 0.1) is 0 Å². The zero-order chi connectivity index (χ0) is 28.9. The molecule has 2 aliphatic rings. The second-order valence-electron chi connectivity index (χ2n) is 9.04. The summed E-state index contributed by atoms with van der Waals surface area (Å²) >= 11 is 0. The van der Waals surface area contributed by atoms with Gasteiger partial charge >= 0.3 is 17.9 Å². The molecule has 14 nitrogen and oxygen atoms in total. The molecule has 0 bridgehead atoms. The van der Waals surface area contributed by atoms with Crippen molar-refractivity contribution in [3.63, 3.8) is 0 Å². The summed E-state index contributed by atoms with van der Waals surface area (Å²) in [6.45, 7) is 11.6. The van der Waals surface area contributed by atoms with Crippen LogP contribution in [-0.4, -0.2) is 118 Å². The molecule has 5 N–H and O–H groups in total. The Labute approximate surface area is 218 Å². The lowest BCUT2D eigenvalue weighted by molar-refractivity contribution is -0.383. The average Bonchev–Trinajstić information content (AvgIpc) is 3.13. The third-order valence-electron chi connectivity index (χ3n) is 5.76. The Morgan fingerprint density at radius 1 is 0.763 bits per heavy atom. The van der Waals surface area contributed by atoms with Gasteiger partial charge in [0.25, 0.3) is 0 Å². The Morgan fingerprint density at radius 3 is 1.68 bits per heavy atom. The maximum Gasteiger partial charge on any atom is 0.333 e. The first-order valence-electron chi connectivity index (χ1n) is 11.5. The van der Waals surface area contributed by atoms with Crippen molar-refractivity contribution in [1.82, 2.24) is 0 Å². The van der Waals surface area contributed by atoms with Gasteiger partial charge in [-0.1, -0.05) is 19.7 Å². The number of hydrogen-bond donors (Lipinski definition) is 5. The third kappa shape index (κ3) is 6.65. The monoisotopic (exact) mass is 546 g/mol. The van der Waals surface area contributed by atoms with Crippen LogP contribution in [0.15, 0.2) is 36.5 Å². The molecule has 9 atom stereocenters. The molecule has 2 rings (SSSR count). The zero-order valence-corrected chi connectivity index (χ0v) is 21.3. The molecule has 214 valence electrons. The Hall–Kier alpha value is -2.69. The van der Waals surface area contributed by atoms with Crippen LogP contribution < -0.4 is 0 Å². The lowest BCUT2D eigenvalue weighted by atomic mass is 9.98. The summed E-state index contributed by atoms with van der Waals surface area (Å²) in [4.78, 5) is 37.0. The summed E-state index contributed by atoms with van der Waals surface area (Å²) in [5.74, 6) is -5.42. The molecule has 0 aromatic carbocycles. The van der Waals surface area contributed by atoms with Crippen molar-refractivity contribution in [2.24, 2.45) is 0 Å². The standard InChI is InChI=1S/C24H34O14/c1-10(2)20(30)34-17-15(28)13(7-25)33-23(18(17)35-21(31)11(3)4)38-24(9-27)19(36-22(32)12(5)6)16(29)14(8-26)37-24/h13-19,23,25-29H,1,3,5,7-9H2,2,4,6H3/t13-,14-,15-,16-,17+,18-,19+,23-,24+/m1/s1. The lowest BCUT2D eigenvalue weighted by Crippen LogP contribution is -2.65. The fourth-order valence-electron chi connectivity index (χ4n) is 3.67. The Balaban J connectivity index is 2.56. The van der Waals surface area contributed by atoms with Crippen molar-refractivity contribution >= 4 is 17.9 Å². The zero-order valence-electron chi connectivity index (χ0n) is 21.3. The van der Waals surface area contributed by atoms with Gasteiger partial charge in [0, 0.05) is 16.7 Å². The maximum atomic E-state index is 12.4. The van der Waals surface area contributed by atoms with Crippen molar-refractivity contribution in [2.75, 3.05) is 19.8 Å². The quantitative estimate of drug-likeness (QED) is 0.108. The summed E-state index contributed by atoms with van der Waals surface area (Å²) in [7, 11) is 0. The Morgan fingerprint density at radius 2 is 1.24 bits per heavy atom. The molecule has 2 fully saturated rings. The van der Waals surface area contributed by atoms with E-state index >= 15 is 0 Å². The number of ether oxygens (including phenoxy) is 6. The van der Waals surface area contributed by atoms with Gasteiger partial charge in [-0.25, -0.2) is 14.4 Å². The minimum Gasteiger partial charge on any atom is -0.452 e. The highest BCUT2D eigenvalue weighted by atomic mass is 16.8. The van der Waals surface area contributed by atoms with Crippen LogP contribution in [0.2, 0.25) is 0 Å². The van der Waals surface area contributed by atoms with E-state index in [9.17, 15) is 39.9 Å². The van der Waals surface area contributed by atoms with E-state index < -0.39 is 92.5 Å². The highest BCUT2D eigenvalue weighted by Gasteiger charge is 2.62. The van der Waals surface area contributed by atoms with E-state index in [2.05, 4.69) is 19.7 Å². The van der Waals surface area contributed by atoms with Crippen LogP contribution in [0.5, 0.6) is 0 Å². The van der Waals surface area contributed by atoms with Crippen molar-refractivity contribution in [3.8, 4) is 0 Å². The molecule has 2 heterocycles. The number of rotatable bonds is 11. The van der Waals surface area contributed by atoms with E-state index in [0.717, 1.165) is 0 Å². The fourth-order valence-corrected chi connectivity index (χ4v) is 3.67. The van der Waals surface area contributed by atoms with Gasteiger partial charge in [0.15, 0.2) is 18.3 Å². The molecule has 2 saturated heterocycles. The first-order valence-corrected chi connectivity index (χ1v) is 11.5. The number of aliphatic hydroxyl groups is 5. The van der Waals surface area contributed by atoms with Crippen LogP contribution in [0.1, 0.15) is 20.8 Å². The summed E-state index contributed by atoms with van der Waals surface area (Å²) < 4.78 is 32.8. The number of hydrogen-bond acceptors (Lipinski definition) is 14. The summed E-state index contributed by atoms with van der Waals surface area (Å²) in [6.07, 6.45) is -13.5. The van der Waals surface area contributed by atoms with Crippen LogP contribution in [0.25, 0.3) is 0 Å². The molecule has 0 radical (unpaired) electrons. The Bertz CT molecular complexity index is 946. The van der Waals surface area contributed by atoms with Crippen molar-refractivity contribution in [1.29, 1.82) is 0 Å². The summed E-state index contributed by atoms with van der Waals surface area (Å²) in [5, 5.41) is 51.1. The van der Waals surface area contributed by atoms with E-state index in [4.69, 9.17) is 28.4 Å². The Kier molecular flexibility index (Phi) is 10.7. The third-order valence-corrected chi connectivity index (χ3v) is 5.76. The maximum absolute atomic E-state index is 12.4. The van der Waals surface area contributed by atoms with Gasteiger partial charge in [0.1, 0.15) is 31.0 Å². The fraction of sp³-hybridized carbons (Fsp3) is 0.625. The topological polar surface area (TPSA) is 208 Å². The molecule has 0 unspecified atom stereocenters. The minimum absolute atomic E-state index is 0.0710. The van der Waals surface area contributed by atoms with E-state index in [0.29, 0.717) is 0 Å². The van der Waals surface area contributed by atoms with E-state index in [1.165, 1.54) is 20.8 Å². The molecule has 14 heteroatoms. The van der Waals surface area contributed by atoms with Gasteiger partial charge in [0.05, 0.1) is 13.2 Å². The largest absolute Gasteiger partial charge is 0.452 e. The van der Waals surface area contributed by atoms with Gasteiger partial charge < -0.3 is 54.0 Å². The molecule has 0 aliphatic carbocycles. The molecule has 0 saturated carbocycles. The second-order valence-corrected chi connectivity index (χ2v) is 9.04. The van der Waals surface area contributed by atoms with Crippen LogP contribution in [0.3, 0.4) is 0 Å². The molecule has 0 amide bonds. The number of esters is 3. The molecule has 0 aromatic heterocycles. The first-order chi connectivity index (χ1) is 17.7. The lowest BCUT2D eigenvalue weighted by Gasteiger charge is -2.45. The highest BCUT2D eigenvalue weighted by molar-refractivity contribution is 5.88. The molecule has 38 heavy (non-hydrogen) atoms. The first kappa shape index (κ1) is 31.5. The molecule has 0 aromatic rings. The molecular weight excluding hydrogens is 512 g/mol. The van der Waals surface area contributed by atoms with Gasteiger partial charge in [0.2, 0.25) is 12.1 Å². The number of carbonyl (C=O) groups excluding carboxylic acids is 3. The summed E-state index contributed by atoms with van der Waals surface area (Å²) in [6, 6.07) is 0. The minimum atomic E-state index is -2.43. The predicted molar refractivity (Wildman–Crippen MR) is 125 cm³/mol. The van der Waals surface area contributed by atoms with Crippen molar-refractivity contribution < 1.29 is 68.3 Å². The number of aliphatic hydroxyl groups excluding tert-OH is 5. The van der Waals surface area contributed by atoms with Gasteiger partial charge in [-0.3, -0.25) is 0 Å². The van der Waals surface area contributed by atoms with Gasteiger partial charge in [-0.05, 0) is 20.8 Å². The second kappa shape index (κ2) is 12.9. The summed E-state index contributed by atoms with van der Waals surface area (Å²) in [5.41, 5.74) is -0.238. The molecule has 0 spiro atoms. The SMILES string of the molecule is C=C(C)C(=O)O[C@H]1[C@@H](O[C@]2(CO)O[C@H](CO)[C@@H](O)[C@@H]2OC(=O)C(=C)C)O[C@H](CO)[C@@H](O)[C@@H]1OC(=O)C(=C)C. The van der Waals surface area contributed by atoms with Crippen LogP contribution in [0.4, 0.5) is 0 Å². The van der Waals surface area contributed by atoms with Crippen molar-refractivity contribution in [2.45, 2.75) is 75.6 Å². The van der Waals surface area contributed by atoms with Gasteiger partial charge in [-0.15, -0.1) is 0 Å². The van der Waals surface area contributed by atoms with E-state index in [1.807, 2.05) is 0 Å². The predicted octanol–water partition coefficient (Wildman–Crippen LogP) is -2.01. The van der Waals surface area contributed by atoms with Crippen molar-refractivity contribution in [3.05, 3.63) is 36.5 Å². The molecular formula is C24H34O14. The van der Waals surface area contributed by atoms with E-state index in [1.54, 1.807) is 0 Å². The highest BCUT2D eigenvalue weighted by Crippen LogP contribution is 2.39. The van der Waals surface area contributed by atoms with E-state index in [-0.39, 0.29) is 16.7 Å². The van der Waals surface area contributed by atoms with Gasteiger partial charge in [-0.2, -0.15) is 0 Å². The normalized spacial score (nSPS) is 34.7. The van der Waals surface area contributed by atoms with Crippen LogP contribution in [-0.2, 0) is 42.8 Å². The van der Waals surface area contributed by atoms with Crippen LogP contribution >= 0.6 is 0 Å². The number of carbonyl (C=O) groups is 3. The average molecular weight is 547 g/mol. The smallest absolute Gasteiger partial charge is 0.333 e. The molecule has 2 aliphatic heterocycles.